The van der Waals surface area contributed by atoms with Crippen LogP contribution in [-0.4, -0.2) is 8.42 Å². The first-order chi connectivity index (χ1) is 10.5. The predicted molar refractivity (Wildman–Crippen MR) is 98.4 cm³/mol. The molecule has 2 aromatic carbocycles. The summed E-state index contributed by atoms with van der Waals surface area (Å²) in [6, 6.07) is 2.42. The Morgan fingerprint density at radius 3 is 0.957 bits per heavy atom. The van der Waals surface area contributed by atoms with Crippen molar-refractivity contribution in [1.82, 2.24) is 0 Å². The van der Waals surface area contributed by atoms with Crippen molar-refractivity contribution in [2.45, 2.75) is 9.79 Å². The van der Waals surface area contributed by atoms with Crippen LogP contribution in [0.2, 0.25) is 40.2 Å². The van der Waals surface area contributed by atoms with Crippen LogP contribution >= 0.6 is 92.8 Å². The number of sulfone groups is 1. The monoisotopic (exact) mass is 490 g/mol. The van der Waals surface area contributed by atoms with Crippen LogP contribution in [-0.2, 0) is 9.84 Å². The van der Waals surface area contributed by atoms with Crippen molar-refractivity contribution in [2.75, 3.05) is 0 Å². The summed E-state index contributed by atoms with van der Waals surface area (Å²) in [5.41, 5.74) is 0. The Morgan fingerprint density at radius 2 is 0.739 bits per heavy atom. The van der Waals surface area contributed by atoms with E-state index >= 15 is 0 Å². The fourth-order valence-corrected chi connectivity index (χ4v) is 6.33. The first-order valence-electron chi connectivity index (χ1n) is 5.41. The SMILES string of the molecule is O=S(=O)(c1c(Cl)c(Cl)cc(Cl)c1Cl)c1c(Cl)c(Cl)cc(Cl)c1Cl. The highest BCUT2D eigenvalue weighted by Crippen LogP contribution is 2.47. The molecule has 0 spiro atoms. The van der Waals surface area contributed by atoms with Crippen LogP contribution in [0.1, 0.15) is 0 Å². The maximum absolute atomic E-state index is 13.0. The van der Waals surface area contributed by atoms with E-state index in [0.29, 0.717) is 0 Å². The van der Waals surface area contributed by atoms with Gasteiger partial charge in [0.05, 0.1) is 40.2 Å². The van der Waals surface area contributed by atoms with Crippen molar-refractivity contribution in [3.63, 3.8) is 0 Å². The van der Waals surface area contributed by atoms with Gasteiger partial charge < -0.3 is 0 Å². The van der Waals surface area contributed by atoms with E-state index in [-0.39, 0.29) is 40.2 Å². The van der Waals surface area contributed by atoms with Crippen LogP contribution in [0.3, 0.4) is 0 Å². The normalized spacial score (nSPS) is 11.8. The van der Waals surface area contributed by atoms with Crippen molar-refractivity contribution in [3.05, 3.63) is 52.3 Å². The highest BCUT2D eigenvalue weighted by molar-refractivity contribution is 7.92. The zero-order valence-electron chi connectivity index (χ0n) is 10.4. The van der Waals surface area contributed by atoms with Crippen molar-refractivity contribution in [1.29, 1.82) is 0 Å². The highest BCUT2D eigenvalue weighted by atomic mass is 35.5. The lowest BCUT2D eigenvalue weighted by molar-refractivity contribution is 0.596. The fraction of sp³-hybridized carbons (Fsp3) is 0. The van der Waals surface area contributed by atoms with Crippen LogP contribution in [0.15, 0.2) is 21.9 Å². The summed E-state index contributed by atoms with van der Waals surface area (Å²) in [6.45, 7) is 0. The molecular formula is C12H2Cl8O2S. The molecular weight excluding hydrogens is 492 g/mol. The van der Waals surface area contributed by atoms with E-state index in [1.165, 1.54) is 12.1 Å². The average Bonchev–Trinajstić information content (AvgIpc) is 2.43. The first kappa shape index (κ1) is 20.0. The Balaban J connectivity index is 2.97. The molecule has 0 heterocycles. The maximum atomic E-state index is 13.0. The Bertz CT molecular complexity index is 802. The van der Waals surface area contributed by atoms with E-state index < -0.39 is 19.6 Å². The molecule has 2 rings (SSSR count). The molecule has 11 heteroatoms. The molecule has 0 aliphatic carbocycles. The third-order valence-electron chi connectivity index (χ3n) is 2.68. The Kier molecular flexibility index (Phi) is 6.22. The zero-order chi connectivity index (χ0) is 17.7. The van der Waals surface area contributed by atoms with Gasteiger partial charge >= 0.3 is 0 Å². The van der Waals surface area contributed by atoms with Crippen molar-refractivity contribution in [2.24, 2.45) is 0 Å². The lowest BCUT2D eigenvalue weighted by atomic mass is 10.3. The number of halogens is 8. The molecule has 124 valence electrons. The molecule has 0 aliphatic rings. The van der Waals surface area contributed by atoms with Gasteiger partial charge in [-0.05, 0) is 12.1 Å². The van der Waals surface area contributed by atoms with Crippen molar-refractivity contribution in [3.8, 4) is 0 Å². The van der Waals surface area contributed by atoms with Crippen LogP contribution in [0, 0.1) is 0 Å². The molecule has 0 N–H and O–H groups in total. The second-order valence-corrected chi connectivity index (χ2v) is 9.06. The highest BCUT2D eigenvalue weighted by Gasteiger charge is 2.33. The molecule has 0 bridgehead atoms. The Hall–Kier alpha value is 0.710. The van der Waals surface area contributed by atoms with Gasteiger partial charge in [0.1, 0.15) is 9.79 Å². The van der Waals surface area contributed by atoms with E-state index in [2.05, 4.69) is 0 Å². The molecule has 23 heavy (non-hydrogen) atoms. The van der Waals surface area contributed by atoms with Crippen LogP contribution in [0.25, 0.3) is 0 Å². The molecule has 2 nitrogen and oxygen atoms in total. The molecule has 0 aromatic heterocycles. The lowest BCUT2D eigenvalue weighted by Crippen LogP contribution is -2.07. The predicted octanol–water partition coefficient (Wildman–Crippen LogP) is 7.75. The van der Waals surface area contributed by atoms with Gasteiger partial charge in [-0.3, -0.25) is 0 Å². The summed E-state index contributed by atoms with van der Waals surface area (Å²) in [4.78, 5) is -1.08. The van der Waals surface area contributed by atoms with E-state index in [4.69, 9.17) is 92.8 Å². The van der Waals surface area contributed by atoms with Gasteiger partial charge in [-0.1, -0.05) is 92.8 Å². The molecule has 0 fully saturated rings. The van der Waals surface area contributed by atoms with Crippen LogP contribution in [0.5, 0.6) is 0 Å². The fourth-order valence-electron chi connectivity index (χ4n) is 1.68. The van der Waals surface area contributed by atoms with Gasteiger partial charge in [0.2, 0.25) is 9.84 Å². The minimum absolute atomic E-state index is 0.111. The minimum atomic E-state index is -4.42. The van der Waals surface area contributed by atoms with Gasteiger partial charge in [0, 0.05) is 0 Å². The molecule has 0 radical (unpaired) electrons. The Morgan fingerprint density at radius 1 is 0.522 bits per heavy atom. The summed E-state index contributed by atoms with van der Waals surface area (Å²) in [6.07, 6.45) is 0. The largest absolute Gasteiger partial charge is 0.218 e. The second-order valence-electron chi connectivity index (χ2n) is 4.10. The van der Waals surface area contributed by atoms with E-state index in [1.807, 2.05) is 0 Å². The third-order valence-corrected chi connectivity index (χ3v) is 8.17. The van der Waals surface area contributed by atoms with E-state index in [0.717, 1.165) is 0 Å². The summed E-state index contributed by atoms with van der Waals surface area (Å²) in [5, 5.41) is -1.76. The maximum Gasteiger partial charge on any atom is 0.212 e. The number of rotatable bonds is 2. The van der Waals surface area contributed by atoms with E-state index in [1.54, 1.807) is 0 Å². The Labute approximate surface area is 172 Å². The van der Waals surface area contributed by atoms with Gasteiger partial charge in [-0.15, -0.1) is 0 Å². The first-order valence-corrected chi connectivity index (χ1v) is 9.92. The van der Waals surface area contributed by atoms with Crippen LogP contribution in [0.4, 0.5) is 0 Å². The summed E-state index contributed by atoms with van der Waals surface area (Å²) in [5.74, 6) is 0. The lowest BCUT2D eigenvalue weighted by Gasteiger charge is -2.15. The molecule has 0 saturated carbocycles. The molecule has 2 aromatic rings. The number of hydrogen-bond donors (Lipinski definition) is 0. The minimum Gasteiger partial charge on any atom is -0.218 e. The zero-order valence-corrected chi connectivity index (χ0v) is 17.3. The molecule has 0 amide bonds. The smallest absolute Gasteiger partial charge is 0.212 e. The summed E-state index contributed by atoms with van der Waals surface area (Å²) in [7, 11) is -4.42. The van der Waals surface area contributed by atoms with E-state index in [9.17, 15) is 8.42 Å². The average molecular weight is 494 g/mol. The molecule has 0 atom stereocenters. The second kappa shape index (κ2) is 7.14. The van der Waals surface area contributed by atoms with Gasteiger partial charge in [0.15, 0.2) is 0 Å². The molecule has 0 saturated heterocycles. The number of hydrogen-bond acceptors (Lipinski definition) is 2. The van der Waals surface area contributed by atoms with Crippen molar-refractivity contribution < 1.29 is 8.42 Å². The molecule has 0 aliphatic heterocycles. The van der Waals surface area contributed by atoms with Crippen molar-refractivity contribution >= 4 is 103 Å². The van der Waals surface area contributed by atoms with Gasteiger partial charge in [-0.2, -0.15) is 0 Å². The van der Waals surface area contributed by atoms with Crippen LogP contribution < -0.4 is 0 Å². The van der Waals surface area contributed by atoms with Gasteiger partial charge in [-0.25, -0.2) is 8.42 Å². The molecule has 0 unspecified atom stereocenters. The standard InChI is InChI=1S/C12H2Cl8O2S/c13-3-1-4(14)8(18)11(7(3)17)23(21,22)12-9(19)5(15)2-6(16)10(12)20/h1-2H. The number of benzene rings is 2. The quantitative estimate of drug-likeness (QED) is 0.401. The topological polar surface area (TPSA) is 34.1 Å². The summed E-state index contributed by atoms with van der Waals surface area (Å²) < 4.78 is 25.9. The third kappa shape index (κ3) is 3.51. The van der Waals surface area contributed by atoms with Gasteiger partial charge in [0.25, 0.3) is 0 Å². The summed E-state index contributed by atoms with van der Waals surface area (Å²) >= 11 is 47.4.